The minimum Gasteiger partial charge on any atom is -0.497 e. The summed E-state index contributed by atoms with van der Waals surface area (Å²) in [5, 5.41) is 4.55. The molecule has 12 nitrogen and oxygen atoms in total. The van der Waals surface area contributed by atoms with Gasteiger partial charge in [0.05, 0.1) is 20.1 Å². The summed E-state index contributed by atoms with van der Waals surface area (Å²) < 4.78 is 52.1. The Kier molecular flexibility index (Phi) is 10.6. The third-order valence-corrected chi connectivity index (χ3v) is 7.70. The van der Waals surface area contributed by atoms with Gasteiger partial charge in [0.1, 0.15) is 17.8 Å². The van der Waals surface area contributed by atoms with Crippen LogP contribution in [0.15, 0.2) is 42.6 Å². The lowest BCUT2D eigenvalue weighted by Crippen LogP contribution is -2.71. The van der Waals surface area contributed by atoms with Crippen molar-refractivity contribution in [3.63, 3.8) is 0 Å². The fraction of sp³-hybridized carbons (Fsp3) is 0.483. The number of ether oxygens (including phenoxy) is 2. The molecule has 2 heterocycles. The summed E-state index contributed by atoms with van der Waals surface area (Å²) in [4.78, 5) is 60.3. The molecule has 3 N–H and O–H groups in total. The molecule has 2 fully saturated rings. The SMILES string of the molecule is CONC(=O)[C@@H]1[C@@H](Cc2ccnc(OC(=O)NCc3ccc(OC)cc3)c2)C(=O)N1C(=O)NC(C1CCCCC1)C(F)(F)F. The fourth-order valence-electron chi connectivity index (χ4n) is 5.51. The number of methoxy groups -OCH3 is 1. The van der Waals surface area contributed by atoms with Gasteiger partial charge in [-0.05, 0) is 54.5 Å². The van der Waals surface area contributed by atoms with Crippen molar-refractivity contribution in [1.29, 1.82) is 0 Å². The van der Waals surface area contributed by atoms with Gasteiger partial charge >= 0.3 is 18.3 Å². The first kappa shape index (κ1) is 32.5. The van der Waals surface area contributed by atoms with Crippen molar-refractivity contribution in [2.24, 2.45) is 11.8 Å². The Morgan fingerprint density at radius 1 is 1.05 bits per heavy atom. The van der Waals surface area contributed by atoms with Crippen molar-refractivity contribution >= 4 is 23.9 Å². The smallest absolute Gasteiger partial charge is 0.414 e. The largest absolute Gasteiger partial charge is 0.497 e. The maximum absolute atomic E-state index is 13.9. The van der Waals surface area contributed by atoms with Crippen LogP contribution in [0.25, 0.3) is 0 Å². The summed E-state index contributed by atoms with van der Waals surface area (Å²) in [6.07, 6.45) is -1.67. The molecule has 1 unspecified atom stereocenters. The van der Waals surface area contributed by atoms with E-state index in [9.17, 15) is 32.3 Å². The van der Waals surface area contributed by atoms with Crippen LogP contribution in [0.2, 0.25) is 0 Å². The van der Waals surface area contributed by atoms with Gasteiger partial charge in [-0.1, -0.05) is 31.4 Å². The Hall–Kier alpha value is -4.40. The van der Waals surface area contributed by atoms with E-state index in [0.29, 0.717) is 41.9 Å². The van der Waals surface area contributed by atoms with Crippen LogP contribution in [-0.2, 0) is 27.4 Å². The normalized spacial score (nSPS) is 19.4. The predicted octanol–water partition coefficient (Wildman–Crippen LogP) is 3.65. The van der Waals surface area contributed by atoms with Crippen LogP contribution in [0.4, 0.5) is 22.8 Å². The number of amides is 5. The third kappa shape index (κ3) is 7.95. The highest BCUT2D eigenvalue weighted by Gasteiger charge is 2.56. The Bertz CT molecular complexity index is 1340. The number of halogens is 3. The quantitative estimate of drug-likeness (QED) is 0.269. The second-order valence-corrected chi connectivity index (χ2v) is 10.6. The van der Waals surface area contributed by atoms with Gasteiger partial charge in [-0.25, -0.2) is 20.1 Å². The fourth-order valence-corrected chi connectivity index (χ4v) is 5.51. The first-order valence-electron chi connectivity index (χ1n) is 14.1. The van der Waals surface area contributed by atoms with E-state index in [1.807, 2.05) is 5.32 Å². The van der Waals surface area contributed by atoms with Crippen LogP contribution in [0, 0.1) is 11.8 Å². The summed E-state index contributed by atoms with van der Waals surface area (Å²) >= 11 is 0. The number of hydroxylamine groups is 1. The Morgan fingerprint density at radius 2 is 1.75 bits per heavy atom. The summed E-state index contributed by atoms with van der Waals surface area (Å²) in [7, 11) is 2.69. The summed E-state index contributed by atoms with van der Waals surface area (Å²) in [6.45, 7) is 0.170. The standard InChI is InChI=1S/C29H34F3N5O7/c1-42-20-10-8-17(9-11-20)16-34-28(41)44-22-15-18(12-13-33-22)14-21-23(25(38)36-43-2)37(26(21)39)27(40)35-24(29(30,31)32)19-6-4-3-5-7-19/h8-13,15,19,21,23-24H,3-7,14,16H2,1-2H3,(H,34,41)(H,35,40)(H,36,38)/t21-,23+,24?/m1/s1. The van der Waals surface area contributed by atoms with Crippen molar-refractivity contribution in [3.05, 3.63) is 53.7 Å². The number of aromatic nitrogens is 1. The number of rotatable bonds is 10. The highest BCUT2D eigenvalue weighted by atomic mass is 19.4. The van der Waals surface area contributed by atoms with Crippen LogP contribution < -0.4 is 25.6 Å². The summed E-state index contributed by atoms with van der Waals surface area (Å²) in [5.74, 6) is -3.06. The van der Waals surface area contributed by atoms with Gasteiger partial charge in [0.25, 0.3) is 5.91 Å². The third-order valence-electron chi connectivity index (χ3n) is 7.70. The second kappa shape index (κ2) is 14.4. The van der Waals surface area contributed by atoms with Gasteiger partial charge in [-0.15, -0.1) is 0 Å². The van der Waals surface area contributed by atoms with Crippen molar-refractivity contribution in [2.45, 2.75) is 63.3 Å². The van der Waals surface area contributed by atoms with Gasteiger partial charge in [0, 0.05) is 18.8 Å². The molecule has 1 aliphatic heterocycles. The molecule has 2 aromatic rings. The number of nitrogens with one attached hydrogen (secondary N) is 3. The second-order valence-electron chi connectivity index (χ2n) is 10.6. The van der Waals surface area contributed by atoms with E-state index in [1.165, 1.54) is 18.3 Å². The Labute approximate surface area is 251 Å². The molecule has 238 valence electrons. The maximum atomic E-state index is 13.9. The van der Waals surface area contributed by atoms with Gasteiger partial charge < -0.3 is 20.1 Å². The first-order valence-corrected chi connectivity index (χ1v) is 14.1. The zero-order valence-electron chi connectivity index (χ0n) is 24.2. The molecule has 1 aromatic carbocycles. The Balaban J connectivity index is 1.41. The maximum Gasteiger partial charge on any atom is 0.414 e. The number of carbonyl (C=O) groups excluding carboxylic acids is 4. The van der Waals surface area contributed by atoms with Gasteiger partial charge in [0.2, 0.25) is 11.8 Å². The summed E-state index contributed by atoms with van der Waals surface area (Å²) in [6, 6.07) is 5.04. The molecule has 0 radical (unpaired) electrons. The number of pyridine rings is 1. The average Bonchev–Trinajstić information content (AvgIpc) is 3.00. The van der Waals surface area contributed by atoms with Crippen molar-refractivity contribution < 1.29 is 46.7 Å². The van der Waals surface area contributed by atoms with Crippen molar-refractivity contribution in [3.8, 4) is 11.6 Å². The number of nitrogens with zero attached hydrogens (tertiary/aromatic N) is 2. The minimum atomic E-state index is -4.73. The highest BCUT2D eigenvalue weighted by Crippen LogP contribution is 2.36. The number of alkyl halides is 3. The number of imide groups is 1. The van der Waals surface area contributed by atoms with E-state index >= 15 is 0 Å². The molecule has 1 aliphatic carbocycles. The van der Waals surface area contributed by atoms with E-state index in [4.69, 9.17) is 9.47 Å². The first-order chi connectivity index (χ1) is 21.0. The van der Waals surface area contributed by atoms with Crippen LogP contribution in [-0.4, -0.2) is 66.3 Å². The molecule has 5 amide bonds. The molecule has 2 aliphatic rings. The van der Waals surface area contributed by atoms with Gasteiger partial charge in [-0.2, -0.15) is 13.2 Å². The lowest BCUT2D eigenvalue weighted by Gasteiger charge is -2.45. The monoisotopic (exact) mass is 621 g/mol. The van der Waals surface area contributed by atoms with Crippen LogP contribution in [0.1, 0.15) is 43.2 Å². The molecule has 1 aromatic heterocycles. The topological polar surface area (TPSA) is 148 Å². The molecule has 15 heteroatoms. The molecule has 3 atom stereocenters. The Morgan fingerprint density at radius 3 is 2.39 bits per heavy atom. The lowest BCUT2D eigenvalue weighted by atomic mass is 9.81. The number of carbonyl (C=O) groups is 4. The van der Waals surface area contributed by atoms with Gasteiger partial charge in [-0.3, -0.25) is 19.3 Å². The molecule has 0 spiro atoms. The molecular weight excluding hydrogens is 587 g/mol. The predicted molar refractivity (Wildman–Crippen MR) is 148 cm³/mol. The molecule has 1 saturated carbocycles. The van der Waals surface area contributed by atoms with Crippen molar-refractivity contribution in [2.75, 3.05) is 14.2 Å². The zero-order chi connectivity index (χ0) is 31.9. The minimum absolute atomic E-state index is 0.0884. The number of likely N-dealkylation sites (tertiary alicyclic amines) is 1. The number of urea groups is 1. The average molecular weight is 622 g/mol. The molecule has 0 bridgehead atoms. The highest BCUT2D eigenvalue weighted by molar-refractivity contribution is 6.08. The zero-order valence-corrected chi connectivity index (χ0v) is 24.2. The molecule has 1 saturated heterocycles. The van der Waals surface area contributed by atoms with E-state index in [1.54, 1.807) is 31.4 Å². The van der Waals surface area contributed by atoms with Crippen LogP contribution in [0.3, 0.4) is 0 Å². The van der Waals surface area contributed by atoms with E-state index in [-0.39, 0.29) is 18.8 Å². The number of hydrogen-bond donors (Lipinski definition) is 3. The summed E-state index contributed by atoms with van der Waals surface area (Å²) in [5.41, 5.74) is 3.28. The van der Waals surface area contributed by atoms with E-state index < -0.39 is 54.0 Å². The van der Waals surface area contributed by atoms with Crippen LogP contribution in [0.5, 0.6) is 11.6 Å². The lowest BCUT2D eigenvalue weighted by molar-refractivity contribution is -0.171. The molecule has 44 heavy (non-hydrogen) atoms. The van der Waals surface area contributed by atoms with E-state index in [2.05, 4.69) is 20.6 Å². The van der Waals surface area contributed by atoms with E-state index in [0.717, 1.165) is 19.1 Å². The molecular formula is C29H34F3N5O7. The van der Waals surface area contributed by atoms with Crippen molar-refractivity contribution in [1.82, 2.24) is 26.0 Å². The molecule has 4 rings (SSSR count). The number of β-lactam (4-membered cyclic amide) rings is 1. The number of hydrogen-bond acceptors (Lipinski definition) is 8. The van der Waals surface area contributed by atoms with Crippen LogP contribution >= 0.6 is 0 Å². The number of benzene rings is 1. The van der Waals surface area contributed by atoms with Gasteiger partial charge in [0.15, 0.2) is 0 Å².